The van der Waals surface area contributed by atoms with E-state index in [1.54, 1.807) is 12.1 Å². The molecule has 0 N–H and O–H groups in total. The lowest BCUT2D eigenvalue weighted by Gasteiger charge is -1.97. The molecular weight excluding hydrogens is 206 g/mol. The predicted molar refractivity (Wildman–Crippen MR) is 47.5 cm³/mol. The second kappa shape index (κ2) is 3.73. The van der Waals surface area contributed by atoms with Gasteiger partial charge in [-0.05, 0) is 0 Å². The quantitative estimate of drug-likeness (QED) is 0.520. The van der Waals surface area contributed by atoms with Crippen molar-refractivity contribution in [2.75, 3.05) is 0 Å². The molecule has 68 valence electrons. The number of hydrogen-bond acceptors (Lipinski definition) is 4. The number of nitro groups is 1. The summed E-state index contributed by atoms with van der Waals surface area (Å²) in [6.07, 6.45) is 0. The highest BCUT2D eigenvalue weighted by atomic mass is 35.5. The van der Waals surface area contributed by atoms with Gasteiger partial charge in [0.1, 0.15) is 12.1 Å². The van der Waals surface area contributed by atoms with Crippen LogP contribution in [-0.4, -0.2) is 4.92 Å². The number of rotatable bonds is 1. The molecule has 0 unspecified atom stereocenters. The van der Waals surface area contributed by atoms with Gasteiger partial charge in [0.2, 0.25) is 0 Å². The molecule has 0 atom stereocenters. The van der Waals surface area contributed by atoms with Crippen LogP contribution in [0.25, 0.3) is 0 Å². The maximum Gasteiger partial charge on any atom is 0.272 e. The number of non-ortho nitro benzene ring substituents is 1. The Labute approximate surface area is 83.9 Å². The van der Waals surface area contributed by atoms with Crippen LogP contribution < -0.4 is 0 Å². The van der Waals surface area contributed by atoms with Gasteiger partial charge in [0.15, 0.2) is 0 Å². The fourth-order valence-corrected chi connectivity index (χ4v) is 1.07. The van der Waals surface area contributed by atoms with Crippen molar-refractivity contribution < 1.29 is 4.92 Å². The number of nitriles is 2. The minimum atomic E-state index is -0.683. The van der Waals surface area contributed by atoms with Gasteiger partial charge in [-0.3, -0.25) is 10.1 Å². The van der Waals surface area contributed by atoms with Crippen LogP contribution in [0.15, 0.2) is 12.1 Å². The smallest absolute Gasteiger partial charge is 0.258 e. The van der Waals surface area contributed by atoms with Crippen LogP contribution in [0, 0.1) is 32.8 Å². The normalized spacial score (nSPS) is 8.79. The Balaban J connectivity index is 3.51. The van der Waals surface area contributed by atoms with E-state index in [1.807, 2.05) is 0 Å². The third kappa shape index (κ3) is 1.63. The first-order valence-corrected chi connectivity index (χ1v) is 3.76. The van der Waals surface area contributed by atoms with Crippen molar-refractivity contribution >= 4 is 17.3 Å². The Morgan fingerprint density at radius 1 is 1.29 bits per heavy atom. The molecule has 1 aromatic rings. The summed E-state index contributed by atoms with van der Waals surface area (Å²) in [5.41, 5.74) is -0.461. The van der Waals surface area contributed by atoms with Crippen LogP contribution in [-0.2, 0) is 0 Å². The van der Waals surface area contributed by atoms with E-state index in [1.165, 1.54) is 0 Å². The zero-order chi connectivity index (χ0) is 10.7. The summed E-state index contributed by atoms with van der Waals surface area (Å²) in [4.78, 5) is 9.71. The summed E-state index contributed by atoms with van der Waals surface area (Å²) in [6, 6.07) is 5.42. The SMILES string of the molecule is N#Cc1cc([N+](=O)[O-])cc(C#N)c1Cl. The molecule has 0 saturated carbocycles. The molecular formula is C8H2ClN3O2. The van der Waals surface area contributed by atoms with Crippen LogP contribution >= 0.6 is 11.6 Å². The molecule has 0 bridgehead atoms. The highest BCUT2D eigenvalue weighted by Gasteiger charge is 2.14. The minimum Gasteiger partial charge on any atom is -0.258 e. The summed E-state index contributed by atoms with van der Waals surface area (Å²) in [5, 5.41) is 27.5. The molecule has 0 saturated heterocycles. The zero-order valence-corrected chi connectivity index (χ0v) is 7.45. The third-order valence-electron chi connectivity index (χ3n) is 1.51. The molecule has 14 heavy (non-hydrogen) atoms. The van der Waals surface area contributed by atoms with Gasteiger partial charge in [0.05, 0.1) is 21.1 Å². The maximum absolute atomic E-state index is 10.4. The number of halogens is 1. The fourth-order valence-electron chi connectivity index (χ4n) is 0.877. The molecule has 0 aliphatic carbocycles. The lowest BCUT2D eigenvalue weighted by molar-refractivity contribution is -0.384. The molecule has 6 heteroatoms. The van der Waals surface area contributed by atoms with E-state index in [9.17, 15) is 10.1 Å². The predicted octanol–water partition coefficient (Wildman–Crippen LogP) is 1.99. The first-order valence-electron chi connectivity index (χ1n) is 3.38. The first-order chi connectivity index (χ1) is 6.60. The molecule has 1 aromatic carbocycles. The maximum atomic E-state index is 10.4. The van der Waals surface area contributed by atoms with E-state index in [0.29, 0.717) is 0 Å². The van der Waals surface area contributed by atoms with Gasteiger partial charge in [0.25, 0.3) is 5.69 Å². The van der Waals surface area contributed by atoms with Gasteiger partial charge >= 0.3 is 0 Å². The van der Waals surface area contributed by atoms with Crippen molar-refractivity contribution in [2.45, 2.75) is 0 Å². The third-order valence-corrected chi connectivity index (χ3v) is 1.92. The van der Waals surface area contributed by atoms with Gasteiger partial charge in [-0.1, -0.05) is 11.6 Å². The van der Waals surface area contributed by atoms with Crippen molar-refractivity contribution in [1.29, 1.82) is 10.5 Å². The summed E-state index contributed by atoms with van der Waals surface area (Å²) in [6.45, 7) is 0. The standard InChI is InChI=1S/C8H2ClN3O2/c9-8-5(3-10)1-7(12(13)14)2-6(8)4-11/h1-2H. The van der Waals surface area contributed by atoms with Crippen LogP contribution in [0.2, 0.25) is 5.02 Å². The lowest BCUT2D eigenvalue weighted by Crippen LogP contribution is -1.92. The summed E-state index contributed by atoms with van der Waals surface area (Å²) < 4.78 is 0. The van der Waals surface area contributed by atoms with E-state index < -0.39 is 4.92 Å². The number of hydrogen-bond donors (Lipinski definition) is 0. The Kier molecular flexibility index (Phi) is 2.66. The number of nitrogens with zero attached hydrogens (tertiary/aromatic N) is 3. The van der Waals surface area contributed by atoms with E-state index in [0.717, 1.165) is 12.1 Å². The molecule has 0 aromatic heterocycles. The van der Waals surface area contributed by atoms with Crippen LogP contribution in [0.4, 0.5) is 5.69 Å². The molecule has 0 heterocycles. The second-order valence-corrected chi connectivity index (χ2v) is 2.71. The average molecular weight is 208 g/mol. The fraction of sp³-hybridized carbons (Fsp3) is 0. The molecule has 0 aliphatic rings. The number of nitro benzene ring substituents is 1. The van der Waals surface area contributed by atoms with E-state index in [2.05, 4.69) is 0 Å². The lowest BCUT2D eigenvalue weighted by atomic mass is 10.1. The molecule has 0 radical (unpaired) electrons. The van der Waals surface area contributed by atoms with Gasteiger partial charge in [-0.25, -0.2) is 0 Å². The Hall–Kier alpha value is -2.11. The molecule has 0 aliphatic heterocycles. The van der Waals surface area contributed by atoms with Crippen molar-refractivity contribution in [2.24, 2.45) is 0 Å². The topological polar surface area (TPSA) is 90.7 Å². The second-order valence-electron chi connectivity index (χ2n) is 2.34. The molecule has 1 rings (SSSR count). The van der Waals surface area contributed by atoms with Gasteiger partial charge < -0.3 is 0 Å². The largest absolute Gasteiger partial charge is 0.272 e. The number of benzene rings is 1. The van der Waals surface area contributed by atoms with Crippen LogP contribution in [0.5, 0.6) is 0 Å². The van der Waals surface area contributed by atoms with Crippen molar-refractivity contribution in [3.8, 4) is 12.1 Å². The Bertz CT molecular complexity index is 449. The van der Waals surface area contributed by atoms with Crippen molar-refractivity contribution in [3.05, 3.63) is 38.4 Å². The summed E-state index contributed by atoms with van der Waals surface area (Å²) in [7, 11) is 0. The zero-order valence-electron chi connectivity index (χ0n) is 6.69. The monoisotopic (exact) mass is 207 g/mol. The molecule has 5 nitrogen and oxygen atoms in total. The minimum absolute atomic E-state index is 0.0550. The molecule has 0 spiro atoms. The van der Waals surface area contributed by atoms with E-state index in [-0.39, 0.29) is 21.8 Å². The highest BCUT2D eigenvalue weighted by molar-refractivity contribution is 6.33. The highest BCUT2D eigenvalue weighted by Crippen LogP contribution is 2.25. The van der Waals surface area contributed by atoms with Crippen molar-refractivity contribution in [1.82, 2.24) is 0 Å². The summed E-state index contributed by atoms with van der Waals surface area (Å²) in [5.74, 6) is 0. The Morgan fingerprint density at radius 2 is 1.71 bits per heavy atom. The van der Waals surface area contributed by atoms with E-state index >= 15 is 0 Å². The Morgan fingerprint density at radius 3 is 2.00 bits per heavy atom. The average Bonchev–Trinajstić information content (AvgIpc) is 2.17. The van der Waals surface area contributed by atoms with Crippen molar-refractivity contribution in [3.63, 3.8) is 0 Å². The molecule has 0 fully saturated rings. The first kappa shape index (κ1) is 9.97. The molecule has 0 amide bonds. The van der Waals surface area contributed by atoms with E-state index in [4.69, 9.17) is 22.1 Å². The summed E-state index contributed by atoms with van der Waals surface area (Å²) >= 11 is 5.62. The van der Waals surface area contributed by atoms with Crippen LogP contribution in [0.3, 0.4) is 0 Å². The van der Waals surface area contributed by atoms with Gasteiger partial charge in [-0.15, -0.1) is 0 Å². The van der Waals surface area contributed by atoms with Crippen LogP contribution in [0.1, 0.15) is 11.1 Å². The van der Waals surface area contributed by atoms with Gasteiger partial charge in [0, 0.05) is 12.1 Å². The van der Waals surface area contributed by atoms with Gasteiger partial charge in [-0.2, -0.15) is 10.5 Å².